The van der Waals surface area contributed by atoms with Crippen molar-refractivity contribution in [2.24, 2.45) is 0 Å². The summed E-state index contributed by atoms with van der Waals surface area (Å²) in [6.07, 6.45) is 1.67. The van der Waals surface area contributed by atoms with Crippen LogP contribution in [0.15, 0.2) is 36.0 Å². The number of halogens is 1. The Kier molecular flexibility index (Phi) is 3.83. The number of hydrogen-bond acceptors (Lipinski definition) is 5. The zero-order valence-electron chi connectivity index (χ0n) is 12.9. The van der Waals surface area contributed by atoms with E-state index in [2.05, 4.69) is 50.3 Å². The molecule has 4 nitrogen and oxygen atoms in total. The van der Waals surface area contributed by atoms with Crippen LogP contribution in [0.4, 0.5) is 11.5 Å². The molecule has 3 aromatic rings. The van der Waals surface area contributed by atoms with Gasteiger partial charge in [-0.25, -0.2) is 9.97 Å². The van der Waals surface area contributed by atoms with Crippen LogP contribution in [-0.2, 0) is 0 Å². The second-order valence-electron chi connectivity index (χ2n) is 5.74. The highest BCUT2D eigenvalue weighted by Crippen LogP contribution is 2.29. The molecular weight excluding hydrogens is 328 g/mol. The molecule has 0 spiro atoms. The van der Waals surface area contributed by atoms with E-state index in [4.69, 9.17) is 11.6 Å². The van der Waals surface area contributed by atoms with Gasteiger partial charge in [0.2, 0.25) is 0 Å². The lowest BCUT2D eigenvalue weighted by Gasteiger charge is -2.37. The zero-order chi connectivity index (χ0) is 15.8. The predicted molar refractivity (Wildman–Crippen MR) is 98.0 cm³/mol. The van der Waals surface area contributed by atoms with Gasteiger partial charge in [-0.1, -0.05) is 17.7 Å². The minimum atomic E-state index is 0.795. The van der Waals surface area contributed by atoms with Gasteiger partial charge in [0.25, 0.3) is 0 Å². The maximum atomic E-state index is 6.16. The Labute approximate surface area is 144 Å². The van der Waals surface area contributed by atoms with Gasteiger partial charge >= 0.3 is 0 Å². The highest BCUT2D eigenvalue weighted by molar-refractivity contribution is 7.16. The molecule has 1 aliphatic rings. The number of piperazine rings is 1. The molecule has 1 fully saturated rings. The minimum Gasteiger partial charge on any atom is -0.368 e. The molecule has 0 amide bonds. The highest BCUT2D eigenvalue weighted by atomic mass is 35.5. The van der Waals surface area contributed by atoms with Crippen molar-refractivity contribution in [3.63, 3.8) is 0 Å². The van der Waals surface area contributed by atoms with Gasteiger partial charge in [0, 0.05) is 36.9 Å². The Hall–Kier alpha value is -1.85. The van der Waals surface area contributed by atoms with E-state index in [1.165, 1.54) is 11.3 Å². The van der Waals surface area contributed by atoms with Crippen molar-refractivity contribution in [1.82, 2.24) is 9.97 Å². The van der Waals surface area contributed by atoms with Gasteiger partial charge in [-0.05, 0) is 36.1 Å². The van der Waals surface area contributed by atoms with Crippen molar-refractivity contribution in [2.45, 2.75) is 6.92 Å². The quantitative estimate of drug-likeness (QED) is 0.704. The molecule has 6 heteroatoms. The monoisotopic (exact) mass is 344 g/mol. The summed E-state index contributed by atoms with van der Waals surface area (Å²) < 4.78 is 0. The largest absolute Gasteiger partial charge is 0.368 e. The molecule has 4 rings (SSSR count). The first-order valence-corrected chi connectivity index (χ1v) is 8.92. The summed E-state index contributed by atoms with van der Waals surface area (Å²) in [5.74, 6) is 1.05. The SMILES string of the molecule is Cc1ccc(Cl)cc1N1CCN(c2ncnc3sccc23)CC1. The first-order chi connectivity index (χ1) is 11.2. The third-order valence-corrected chi connectivity index (χ3v) is 5.39. The second kappa shape index (κ2) is 5.98. The fraction of sp³-hybridized carbons (Fsp3) is 0.294. The normalized spacial score (nSPS) is 15.4. The van der Waals surface area contributed by atoms with Crippen LogP contribution in [0.1, 0.15) is 5.56 Å². The van der Waals surface area contributed by atoms with Crippen LogP contribution in [-0.4, -0.2) is 36.1 Å². The first-order valence-electron chi connectivity index (χ1n) is 7.66. The standard InChI is InChI=1S/C17H17ClN4S/c1-12-2-3-13(18)10-15(12)21-5-7-22(8-6-21)16-14-4-9-23-17(14)20-11-19-16/h2-4,9-11H,5-8H2,1H3. The van der Waals surface area contributed by atoms with Crippen LogP contribution in [0.2, 0.25) is 5.02 Å². The van der Waals surface area contributed by atoms with Crippen molar-refractivity contribution in [3.8, 4) is 0 Å². The van der Waals surface area contributed by atoms with Crippen molar-refractivity contribution in [1.29, 1.82) is 0 Å². The summed E-state index contributed by atoms with van der Waals surface area (Å²) in [6.45, 7) is 5.98. The molecule has 0 aliphatic carbocycles. The summed E-state index contributed by atoms with van der Waals surface area (Å²) in [5, 5.41) is 4.03. The van der Waals surface area contributed by atoms with Gasteiger partial charge in [-0.2, -0.15) is 0 Å². The number of fused-ring (bicyclic) bond motifs is 1. The molecule has 0 bridgehead atoms. The Balaban J connectivity index is 1.55. The number of rotatable bonds is 2. The van der Waals surface area contributed by atoms with Crippen LogP contribution < -0.4 is 9.80 Å². The van der Waals surface area contributed by atoms with Gasteiger partial charge in [0.05, 0.1) is 5.39 Å². The molecule has 0 atom stereocenters. The molecule has 1 aromatic carbocycles. The number of hydrogen-bond donors (Lipinski definition) is 0. The van der Waals surface area contributed by atoms with Crippen LogP contribution in [0.3, 0.4) is 0 Å². The number of anilines is 2. The summed E-state index contributed by atoms with van der Waals surface area (Å²) >= 11 is 7.82. The van der Waals surface area contributed by atoms with Crippen LogP contribution >= 0.6 is 22.9 Å². The Morgan fingerprint density at radius 2 is 1.83 bits per heavy atom. The number of aryl methyl sites for hydroxylation is 1. The van der Waals surface area contributed by atoms with E-state index in [-0.39, 0.29) is 0 Å². The van der Waals surface area contributed by atoms with Crippen LogP contribution in [0.5, 0.6) is 0 Å². The topological polar surface area (TPSA) is 32.3 Å². The lowest BCUT2D eigenvalue weighted by Crippen LogP contribution is -2.47. The van der Waals surface area contributed by atoms with Crippen molar-refractivity contribution in [3.05, 3.63) is 46.6 Å². The lowest BCUT2D eigenvalue weighted by molar-refractivity contribution is 0.648. The fourth-order valence-electron chi connectivity index (χ4n) is 3.11. The van der Waals surface area contributed by atoms with Crippen molar-refractivity contribution in [2.75, 3.05) is 36.0 Å². The van der Waals surface area contributed by atoms with Crippen molar-refractivity contribution >= 4 is 44.7 Å². The zero-order valence-corrected chi connectivity index (χ0v) is 14.4. The van der Waals surface area contributed by atoms with E-state index in [0.717, 1.165) is 47.2 Å². The van der Waals surface area contributed by atoms with Gasteiger partial charge in [0.1, 0.15) is 17.0 Å². The lowest BCUT2D eigenvalue weighted by atomic mass is 10.1. The third kappa shape index (κ3) is 2.75. The second-order valence-corrected chi connectivity index (χ2v) is 7.07. The molecule has 1 aliphatic heterocycles. The maximum absolute atomic E-state index is 6.16. The highest BCUT2D eigenvalue weighted by Gasteiger charge is 2.21. The smallest absolute Gasteiger partial charge is 0.140 e. The van der Waals surface area contributed by atoms with E-state index >= 15 is 0 Å². The van der Waals surface area contributed by atoms with Crippen molar-refractivity contribution < 1.29 is 0 Å². The summed E-state index contributed by atoms with van der Waals surface area (Å²) in [4.78, 5) is 14.7. The van der Waals surface area contributed by atoms with Crippen LogP contribution in [0.25, 0.3) is 10.2 Å². The Morgan fingerprint density at radius 1 is 1.04 bits per heavy atom. The molecular formula is C17H17ClN4S. The molecule has 0 radical (unpaired) electrons. The number of nitrogens with zero attached hydrogens (tertiary/aromatic N) is 4. The van der Waals surface area contributed by atoms with Gasteiger partial charge in [-0.15, -0.1) is 11.3 Å². The van der Waals surface area contributed by atoms with E-state index in [1.807, 2.05) is 6.07 Å². The fourth-order valence-corrected chi connectivity index (χ4v) is 4.01. The molecule has 3 heterocycles. The number of thiophene rings is 1. The Morgan fingerprint density at radius 3 is 2.65 bits per heavy atom. The Bertz CT molecular complexity index is 839. The summed E-state index contributed by atoms with van der Waals surface area (Å²) in [7, 11) is 0. The third-order valence-electron chi connectivity index (χ3n) is 4.33. The average molecular weight is 345 g/mol. The molecule has 0 unspecified atom stereocenters. The molecule has 118 valence electrons. The minimum absolute atomic E-state index is 0.795. The first kappa shape index (κ1) is 14.7. The van der Waals surface area contributed by atoms with E-state index in [0.29, 0.717) is 0 Å². The molecule has 23 heavy (non-hydrogen) atoms. The predicted octanol–water partition coefficient (Wildman–Crippen LogP) is 3.98. The van der Waals surface area contributed by atoms with E-state index in [1.54, 1.807) is 17.7 Å². The van der Waals surface area contributed by atoms with Gasteiger partial charge < -0.3 is 9.80 Å². The molecule has 2 aromatic heterocycles. The van der Waals surface area contributed by atoms with Crippen LogP contribution in [0, 0.1) is 6.92 Å². The molecule has 0 N–H and O–H groups in total. The molecule has 0 saturated carbocycles. The number of benzene rings is 1. The average Bonchev–Trinajstić information content (AvgIpc) is 3.06. The molecule has 1 saturated heterocycles. The van der Waals surface area contributed by atoms with E-state index < -0.39 is 0 Å². The summed E-state index contributed by atoms with van der Waals surface area (Å²) in [6, 6.07) is 8.21. The van der Waals surface area contributed by atoms with Gasteiger partial charge in [0.15, 0.2) is 0 Å². The van der Waals surface area contributed by atoms with Gasteiger partial charge in [-0.3, -0.25) is 0 Å². The number of aromatic nitrogens is 2. The summed E-state index contributed by atoms with van der Waals surface area (Å²) in [5.41, 5.74) is 2.51. The maximum Gasteiger partial charge on any atom is 0.140 e. The van der Waals surface area contributed by atoms with E-state index in [9.17, 15) is 0 Å².